The second kappa shape index (κ2) is 12.0. The van der Waals surface area contributed by atoms with Gasteiger partial charge in [-0.25, -0.2) is 8.78 Å². The Bertz CT molecular complexity index is 1130. The van der Waals surface area contributed by atoms with E-state index in [1.54, 1.807) is 24.7 Å². The zero-order valence-corrected chi connectivity index (χ0v) is 20.8. The predicted octanol–water partition coefficient (Wildman–Crippen LogP) is 5.82. The molecule has 7 nitrogen and oxygen atoms in total. The fourth-order valence-corrected chi connectivity index (χ4v) is 4.44. The van der Waals surface area contributed by atoms with E-state index in [-0.39, 0.29) is 29.1 Å². The molecule has 0 aromatic heterocycles. The van der Waals surface area contributed by atoms with Gasteiger partial charge in [0, 0.05) is 28.9 Å². The quantitative estimate of drug-likeness (QED) is 0.256. The Morgan fingerprint density at radius 3 is 2.47 bits per heavy atom. The third kappa shape index (κ3) is 6.40. The van der Waals surface area contributed by atoms with Crippen LogP contribution in [0.5, 0.6) is 5.75 Å². The number of hydrogen-bond donors (Lipinski definition) is 4. The second-order valence-corrected chi connectivity index (χ2v) is 8.95. The van der Waals surface area contributed by atoms with Crippen LogP contribution in [0.25, 0.3) is 0 Å². The van der Waals surface area contributed by atoms with Crippen LogP contribution >= 0.6 is 0 Å². The number of anilines is 1. The van der Waals surface area contributed by atoms with Crippen molar-refractivity contribution in [2.75, 3.05) is 12.4 Å². The summed E-state index contributed by atoms with van der Waals surface area (Å²) in [5.41, 5.74) is 2.81. The van der Waals surface area contributed by atoms with E-state index in [9.17, 15) is 23.6 Å². The molecule has 0 bridgehead atoms. The van der Waals surface area contributed by atoms with Crippen LogP contribution < -0.4 is 20.9 Å². The van der Waals surface area contributed by atoms with Gasteiger partial charge in [-0.15, -0.1) is 0 Å². The van der Waals surface area contributed by atoms with Crippen molar-refractivity contribution < 1.29 is 28.3 Å². The molecule has 0 aliphatic heterocycles. The molecule has 2 amide bonds. The Labute approximate surface area is 209 Å². The second-order valence-electron chi connectivity index (χ2n) is 8.95. The van der Waals surface area contributed by atoms with Crippen molar-refractivity contribution in [2.45, 2.75) is 64.2 Å². The third-order valence-electron chi connectivity index (χ3n) is 6.54. The van der Waals surface area contributed by atoms with Crippen LogP contribution in [0, 0.1) is 0 Å². The van der Waals surface area contributed by atoms with Crippen LogP contribution in [0.4, 0.5) is 14.5 Å². The summed E-state index contributed by atoms with van der Waals surface area (Å²) in [5, 5.41) is 14.7. The van der Waals surface area contributed by atoms with Crippen LogP contribution in [-0.4, -0.2) is 24.1 Å². The number of methoxy groups -OCH3 is 1. The van der Waals surface area contributed by atoms with Crippen molar-refractivity contribution in [1.29, 1.82) is 0 Å². The van der Waals surface area contributed by atoms with E-state index < -0.39 is 17.7 Å². The Morgan fingerprint density at radius 2 is 1.83 bits per heavy atom. The minimum absolute atomic E-state index is 0.0603. The molecule has 194 valence electrons. The molecule has 3 rings (SSSR count). The van der Waals surface area contributed by atoms with E-state index in [2.05, 4.69) is 10.6 Å². The van der Waals surface area contributed by atoms with Gasteiger partial charge < -0.3 is 15.4 Å². The fourth-order valence-electron chi connectivity index (χ4n) is 4.44. The number of alkyl halides is 2. The van der Waals surface area contributed by atoms with Crippen LogP contribution in [0.3, 0.4) is 0 Å². The highest BCUT2D eigenvalue weighted by Gasteiger charge is 2.29. The largest absolute Gasteiger partial charge is 0.496 e. The SMILES string of the molecule is CCC(F)(F)c1cccc(NC(=O)/C(NO)=C(\C)NC(=O)c2ccc(OC)c(C3CCCCC3)c2)c1. The summed E-state index contributed by atoms with van der Waals surface area (Å²) >= 11 is 0. The van der Waals surface area contributed by atoms with Crippen molar-refractivity contribution in [3.05, 3.63) is 70.5 Å². The standard InChI is InChI=1S/C27H33F2N3O4/c1-4-27(28,29)20-11-8-12-21(16-20)31-26(34)24(32-35)17(2)30-25(33)19-13-14-23(36-3)22(15-19)18-9-6-5-7-10-18/h8,11-16,18,32,35H,4-7,9-10H2,1-3H3,(H,30,33)(H,31,34)/b24-17-. The van der Waals surface area contributed by atoms with E-state index in [1.165, 1.54) is 44.5 Å². The zero-order chi connectivity index (χ0) is 26.3. The maximum Gasteiger partial charge on any atom is 0.275 e. The molecule has 0 spiro atoms. The number of ether oxygens (including phenoxy) is 1. The Kier molecular flexibility index (Phi) is 9.03. The summed E-state index contributed by atoms with van der Waals surface area (Å²) in [5.74, 6) is -3.25. The van der Waals surface area contributed by atoms with Crippen molar-refractivity contribution in [1.82, 2.24) is 10.8 Å². The first-order valence-corrected chi connectivity index (χ1v) is 12.1. The third-order valence-corrected chi connectivity index (χ3v) is 6.54. The molecule has 0 radical (unpaired) electrons. The first-order valence-electron chi connectivity index (χ1n) is 12.1. The Hall–Kier alpha value is -3.46. The van der Waals surface area contributed by atoms with Gasteiger partial charge in [0.05, 0.1) is 7.11 Å². The molecule has 0 saturated heterocycles. The van der Waals surface area contributed by atoms with Crippen molar-refractivity contribution in [2.24, 2.45) is 0 Å². The summed E-state index contributed by atoms with van der Waals surface area (Å²) in [7, 11) is 1.60. The molecule has 0 unspecified atom stereocenters. The first-order chi connectivity index (χ1) is 17.2. The molecule has 0 heterocycles. The van der Waals surface area contributed by atoms with Crippen LogP contribution in [0.1, 0.15) is 79.8 Å². The van der Waals surface area contributed by atoms with E-state index in [0.717, 1.165) is 37.0 Å². The lowest BCUT2D eigenvalue weighted by Crippen LogP contribution is -2.31. The molecule has 9 heteroatoms. The molecule has 1 aliphatic carbocycles. The van der Waals surface area contributed by atoms with Gasteiger partial charge in [0.15, 0.2) is 0 Å². The van der Waals surface area contributed by atoms with Gasteiger partial charge in [-0.1, -0.05) is 38.3 Å². The number of amides is 2. The smallest absolute Gasteiger partial charge is 0.275 e. The molecule has 1 fully saturated rings. The normalized spacial score (nSPS) is 15.1. The average molecular weight is 502 g/mol. The number of carbonyl (C=O) groups is 2. The predicted molar refractivity (Wildman–Crippen MR) is 133 cm³/mol. The highest BCUT2D eigenvalue weighted by molar-refractivity contribution is 6.04. The molecular weight excluding hydrogens is 468 g/mol. The lowest BCUT2D eigenvalue weighted by Gasteiger charge is -2.24. The number of carbonyl (C=O) groups excluding carboxylic acids is 2. The molecule has 2 aromatic rings. The lowest BCUT2D eigenvalue weighted by atomic mass is 9.83. The van der Waals surface area contributed by atoms with Crippen molar-refractivity contribution in [3.8, 4) is 5.75 Å². The van der Waals surface area contributed by atoms with Gasteiger partial charge in [-0.2, -0.15) is 0 Å². The highest BCUT2D eigenvalue weighted by atomic mass is 19.3. The summed E-state index contributed by atoms with van der Waals surface area (Å²) in [6.45, 7) is 2.82. The minimum Gasteiger partial charge on any atom is -0.496 e. The minimum atomic E-state index is -3.03. The number of allylic oxidation sites excluding steroid dienone is 1. The highest BCUT2D eigenvalue weighted by Crippen LogP contribution is 2.38. The maximum absolute atomic E-state index is 14.0. The van der Waals surface area contributed by atoms with E-state index in [1.807, 2.05) is 6.07 Å². The molecule has 4 N–H and O–H groups in total. The first kappa shape index (κ1) is 27.1. The van der Waals surface area contributed by atoms with Crippen molar-refractivity contribution >= 4 is 17.5 Å². The number of hydroxylamine groups is 1. The van der Waals surface area contributed by atoms with Gasteiger partial charge in [-0.3, -0.25) is 20.3 Å². The van der Waals surface area contributed by atoms with Gasteiger partial charge in [0.2, 0.25) is 0 Å². The topological polar surface area (TPSA) is 99.7 Å². The van der Waals surface area contributed by atoms with Gasteiger partial charge >= 0.3 is 0 Å². The molecule has 36 heavy (non-hydrogen) atoms. The van der Waals surface area contributed by atoms with Gasteiger partial charge in [-0.05, 0) is 61.6 Å². The number of halogens is 2. The number of nitrogens with one attached hydrogen (secondary N) is 3. The molecule has 1 aliphatic rings. The zero-order valence-electron chi connectivity index (χ0n) is 20.8. The number of rotatable bonds is 9. The van der Waals surface area contributed by atoms with Crippen LogP contribution in [0.15, 0.2) is 53.9 Å². The lowest BCUT2D eigenvalue weighted by molar-refractivity contribution is -0.114. The van der Waals surface area contributed by atoms with E-state index in [0.29, 0.717) is 11.5 Å². The fraction of sp³-hybridized carbons (Fsp3) is 0.407. The summed E-state index contributed by atoms with van der Waals surface area (Å²) in [6.07, 6.45) is 5.15. The average Bonchev–Trinajstić information content (AvgIpc) is 2.89. The molecule has 2 aromatic carbocycles. The summed E-state index contributed by atoms with van der Waals surface area (Å²) in [6, 6.07) is 10.5. The van der Waals surface area contributed by atoms with E-state index in [4.69, 9.17) is 4.74 Å². The summed E-state index contributed by atoms with van der Waals surface area (Å²) in [4.78, 5) is 25.7. The van der Waals surface area contributed by atoms with Gasteiger partial charge in [0.1, 0.15) is 11.4 Å². The van der Waals surface area contributed by atoms with Crippen LogP contribution in [0.2, 0.25) is 0 Å². The van der Waals surface area contributed by atoms with E-state index >= 15 is 0 Å². The number of hydrogen-bond acceptors (Lipinski definition) is 5. The summed E-state index contributed by atoms with van der Waals surface area (Å²) < 4.78 is 33.6. The maximum atomic E-state index is 14.0. The Morgan fingerprint density at radius 1 is 1.11 bits per heavy atom. The number of benzene rings is 2. The molecule has 1 saturated carbocycles. The van der Waals surface area contributed by atoms with Gasteiger partial charge in [0.25, 0.3) is 17.7 Å². The van der Waals surface area contributed by atoms with Crippen molar-refractivity contribution in [3.63, 3.8) is 0 Å². The monoisotopic (exact) mass is 501 g/mol. The van der Waals surface area contributed by atoms with Crippen LogP contribution in [-0.2, 0) is 10.7 Å². The molecule has 0 atom stereocenters. The molecular formula is C27H33F2N3O4. The Balaban J connectivity index is 1.78.